The summed E-state index contributed by atoms with van der Waals surface area (Å²) < 4.78 is 0. The summed E-state index contributed by atoms with van der Waals surface area (Å²) in [4.78, 5) is 23.8. The summed E-state index contributed by atoms with van der Waals surface area (Å²) in [5.74, 6) is 0.301. The molecule has 3 unspecified atom stereocenters. The maximum atomic E-state index is 11.9. The Balaban J connectivity index is 2.00. The standard InChI is InChI=1S/C15H20N2O3/c1-9-6-13(9)15(20)17-12-5-3-4-11(7-12)14(19)16-10(2)8-18/h3-5,7,9-10,13,18H,6,8H2,1-2H3,(H,16,19)(H,17,20). The van der Waals surface area contributed by atoms with E-state index in [0.717, 1.165) is 6.42 Å². The molecule has 0 heterocycles. The highest BCUT2D eigenvalue weighted by atomic mass is 16.3. The summed E-state index contributed by atoms with van der Waals surface area (Å²) in [6.45, 7) is 3.66. The average molecular weight is 276 g/mol. The van der Waals surface area contributed by atoms with Crippen LogP contribution in [0, 0.1) is 11.8 Å². The van der Waals surface area contributed by atoms with Crippen molar-refractivity contribution in [2.75, 3.05) is 11.9 Å². The molecular weight excluding hydrogens is 256 g/mol. The van der Waals surface area contributed by atoms with Crippen LogP contribution in [-0.4, -0.2) is 29.6 Å². The van der Waals surface area contributed by atoms with Gasteiger partial charge >= 0.3 is 0 Å². The number of amides is 2. The van der Waals surface area contributed by atoms with Gasteiger partial charge in [-0.3, -0.25) is 9.59 Å². The minimum atomic E-state index is -0.298. The van der Waals surface area contributed by atoms with E-state index in [-0.39, 0.29) is 30.4 Å². The largest absolute Gasteiger partial charge is 0.394 e. The van der Waals surface area contributed by atoms with Gasteiger partial charge in [0.2, 0.25) is 5.91 Å². The van der Waals surface area contributed by atoms with Gasteiger partial charge in [-0.05, 0) is 37.5 Å². The first-order valence-corrected chi connectivity index (χ1v) is 6.84. The van der Waals surface area contributed by atoms with Crippen LogP contribution in [-0.2, 0) is 4.79 Å². The van der Waals surface area contributed by atoms with Crippen LogP contribution in [0.4, 0.5) is 5.69 Å². The van der Waals surface area contributed by atoms with Crippen LogP contribution in [0.2, 0.25) is 0 Å². The van der Waals surface area contributed by atoms with Crippen LogP contribution in [0.15, 0.2) is 24.3 Å². The molecule has 1 saturated carbocycles. The second kappa shape index (κ2) is 6.05. The third kappa shape index (κ3) is 3.57. The number of hydrogen-bond acceptors (Lipinski definition) is 3. The molecule has 5 nitrogen and oxygen atoms in total. The Morgan fingerprint density at radius 2 is 2.15 bits per heavy atom. The van der Waals surface area contributed by atoms with E-state index in [1.54, 1.807) is 31.2 Å². The van der Waals surface area contributed by atoms with Crippen LogP contribution in [0.3, 0.4) is 0 Å². The maximum absolute atomic E-state index is 11.9. The van der Waals surface area contributed by atoms with Crippen molar-refractivity contribution in [2.45, 2.75) is 26.3 Å². The molecule has 0 aromatic heterocycles. The zero-order chi connectivity index (χ0) is 14.7. The maximum Gasteiger partial charge on any atom is 0.251 e. The number of carbonyl (C=O) groups excluding carboxylic acids is 2. The average Bonchev–Trinajstić information content (AvgIpc) is 3.16. The lowest BCUT2D eigenvalue weighted by molar-refractivity contribution is -0.117. The molecular formula is C15H20N2O3. The molecule has 5 heteroatoms. The molecule has 0 spiro atoms. The zero-order valence-corrected chi connectivity index (χ0v) is 11.7. The van der Waals surface area contributed by atoms with Crippen LogP contribution in [0.25, 0.3) is 0 Å². The fraction of sp³-hybridized carbons (Fsp3) is 0.467. The molecule has 2 rings (SSSR count). The number of nitrogens with one attached hydrogen (secondary N) is 2. The van der Waals surface area contributed by atoms with Crippen molar-refractivity contribution in [3.63, 3.8) is 0 Å². The quantitative estimate of drug-likeness (QED) is 0.760. The number of benzene rings is 1. The molecule has 3 atom stereocenters. The van der Waals surface area contributed by atoms with Crippen molar-refractivity contribution in [2.24, 2.45) is 11.8 Å². The highest BCUT2D eigenvalue weighted by Crippen LogP contribution is 2.38. The SMILES string of the molecule is CC(CO)NC(=O)c1cccc(NC(=O)C2CC2C)c1. The summed E-state index contributed by atoms with van der Waals surface area (Å²) in [6, 6.07) is 6.51. The van der Waals surface area contributed by atoms with E-state index >= 15 is 0 Å². The Morgan fingerprint density at radius 1 is 1.45 bits per heavy atom. The molecule has 1 aliphatic rings. The monoisotopic (exact) mass is 276 g/mol. The Hall–Kier alpha value is -1.88. The summed E-state index contributed by atoms with van der Waals surface area (Å²) in [5, 5.41) is 14.4. The lowest BCUT2D eigenvalue weighted by atomic mass is 10.1. The molecule has 0 saturated heterocycles. The van der Waals surface area contributed by atoms with E-state index in [2.05, 4.69) is 10.6 Å². The molecule has 1 aromatic carbocycles. The number of rotatable bonds is 5. The Morgan fingerprint density at radius 3 is 2.75 bits per heavy atom. The lowest BCUT2D eigenvalue weighted by Crippen LogP contribution is -2.35. The number of carbonyl (C=O) groups is 2. The van der Waals surface area contributed by atoms with Crippen molar-refractivity contribution in [3.05, 3.63) is 29.8 Å². The molecule has 1 fully saturated rings. The molecule has 1 aromatic rings. The number of aliphatic hydroxyl groups excluding tert-OH is 1. The van der Waals surface area contributed by atoms with Gasteiger partial charge in [-0.2, -0.15) is 0 Å². The van der Waals surface area contributed by atoms with E-state index in [0.29, 0.717) is 17.2 Å². The Labute approximate surface area is 118 Å². The minimum absolute atomic E-state index is 0.0128. The second-order valence-corrected chi connectivity index (χ2v) is 5.45. The second-order valence-electron chi connectivity index (χ2n) is 5.45. The van der Waals surface area contributed by atoms with E-state index in [4.69, 9.17) is 5.11 Å². The summed E-state index contributed by atoms with van der Waals surface area (Å²) in [5.41, 5.74) is 1.09. The van der Waals surface area contributed by atoms with Crippen LogP contribution in [0.1, 0.15) is 30.6 Å². The van der Waals surface area contributed by atoms with Gasteiger partial charge in [-0.1, -0.05) is 13.0 Å². The topological polar surface area (TPSA) is 78.4 Å². The number of hydrogen-bond donors (Lipinski definition) is 3. The van der Waals surface area contributed by atoms with Crippen molar-refractivity contribution in [1.82, 2.24) is 5.32 Å². The molecule has 2 amide bonds. The summed E-state index contributed by atoms with van der Waals surface area (Å²) in [7, 11) is 0. The van der Waals surface area contributed by atoms with Gasteiger partial charge in [0.1, 0.15) is 0 Å². The fourth-order valence-corrected chi connectivity index (χ4v) is 2.01. The van der Waals surface area contributed by atoms with Crippen LogP contribution >= 0.6 is 0 Å². The Bertz CT molecular complexity index is 516. The van der Waals surface area contributed by atoms with Crippen molar-refractivity contribution in [3.8, 4) is 0 Å². The number of aliphatic hydroxyl groups is 1. The van der Waals surface area contributed by atoms with Gasteiger partial charge in [-0.15, -0.1) is 0 Å². The van der Waals surface area contributed by atoms with Gasteiger partial charge in [-0.25, -0.2) is 0 Å². The summed E-state index contributed by atoms with van der Waals surface area (Å²) >= 11 is 0. The van der Waals surface area contributed by atoms with Crippen molar-refractivity contribution < 1.29 is 14.7 Å². The van der Waals surface area contributed by atoms with E-state index in [1.165, 1.54) is 0 Å². The lowest BCUT2D eigenvalue weighted by Gasteiger charge is -2.11. The van der Waals surface area contributed by atoms with Crippen molar-refractivity contribution in [1.29, 1.82) is 0 Å². The zero-order valence-electron chi connectivity index (χ0n) is 11.7. The molecule has 108 valence electrons. The van der Waals surface area contributed by atoms with Gasteiger partial charge in [0.05, 0.1) is 6.61 Å². The molecule has 20 heavy (non-hydrogen) atoms. The van der Waals surface area contributed by atoms with Gasteiger partial charge in [0, 0.05) is 23.2 Å². The predicted octanol–water partition coefficient (Wildman–Crippen LogP) is 1.39. The van der Waals surface area contributed by atoms with Gasteiger partial charge in [0.15, 0.2) is 0 Å². The van der Waals surface area contributed by atoms with Gasteiger partial charge < -0.3 is 15.7 Å². The van der Waals surface area contributed by atoms with Crippen molar-refractivity contribution >= 4 is 17.5 Å². The smallest absolute Gasteiger partial charge is 0.251 e. The highest BCUT2D eigenvalue weighted by Gasteiger charge is 2.39. The third-order valence-electron chi connectivity index (χ3n) is 3.49. The van der Waals surface area contributed by atoms with E-state index in [1.807, 2.05) is 6.92 Å². The molecule has 0 bridgehead atoms. The highest BCUT2D eigenvalue weighted by molar-refractivity contribution is 5.98. The summed E-state index contributed by atoms with van der Waals surface area (Å²) in [6.07, 6.45) is 0.931. The number of anilines is 1. The van der Waals surface area contributed by atoms with Crippen LogP contribution < -0.4 is 10.6 Å². The van der Waals surface area contributed by atoms with E-state index in [9.17, 15) is 9.59 Å². The first-order valence-electron chi connectivity index (χ1n) is 6.84. The molecule has 0 radical (unpaired) electrons. The first kappa shape index (κ1) is 14.5. The molecule has 1 aliphatic carbocycles. The normalized spacial score (nSPS) is 21.9. The Kier molecular flexibility index (Phi) is 4.39. The van der Waals surface area contributed by atoms with Gasteiger partial charge in [0.25, 0.3) is 5.91 Å². The van der Waals surface area contributed by atoms with Crippen LogP contribution in [0.5, 0.6) is 0 Å². The van der Waals surface area contributed by atoms with E-state index < -0.39 is 0 Å². The molecule has 0 aliphatic heterocycles. The minimum Gasteiger partial charge on any atom is -0.394 e. The fourth-order valence-electron chi connectivity index (χ4n) is 2.01. The predicted molar refractivity (Wildman–Crippen MR) is 76.4 cm³/mol. The third-order valence-corrected chi connectivity index (χ3v) is 3.49. The first-order chi connectivity index (χ1) is 9.51. The molecule has 3 N–H and O–H groups in total.